The van der Waals surface area contributed by atoms with E-state index < -0.39 is 9.84 Å². The number of guanidine groups is 1. The van der Waals surface area contributed by atoms with E-state index in [4.69, 9.17) is 4.74 Å². The third-order valence-electron chi connectivity index (χ3n) is 4.57. The summed E-state index contributed by atoms with van der Waals surface area (Å²) in [6.45, 7) is 6.14. The van der Waals surface area contributed by atoms with Crippen LogP contribution in [0.3, 0.4) is 0 Å². The molecule has 0 aromatic heterocycles. The molecular formula is C16H30IN3O4S. The molecular weight excluding hydrogens is 457 g/mol. The fraction of sp³-hybridized carbons (Fsp3) is 0.875. The van der Waals surface area contributed by atoms with Crippen molar-refractivity contribution < 1.29 is 17.9 Å². The summed E-state index contributed by atoms with van der Waals surface area (Å²) in [4.78, 5) is 18.5. The summed E-state index contributed by atoms with van der Waals surface area (Å²) in [5.74, 6) is 1.29. The van der Waals surface area contributed by atoms with Crippen LogP contribution in [0.25, 0.3) is 0 Å². The van der Waals surface area contributed by atoms with Gasteiger partial charge in [-0.05, 0) is 39.0 Å². The molecule has 0 aromatic carbocycles. The Hall–Kier alpha value is -0.580. The molecule has 0 saturated carbocycles. The number of carbonyl (C=O) groups excluding carboxylic acids is 1. The van der Waals surface area contributed by atoms with Crippen LogP contribution in [0, 0.1) is 11.8 Å². The number of piperidine rings is 1. The monoisotopic (exact) mass is 487 g/mol. The fourth-order valence-corrected chi connectivity index (χ4v) is 5.07. The van der Waals surface area contributed by atoms with Crippen LogP contribution < -0.4 is 5.32 Å². The van der Waals surface area contributed by atoms with Crippen LogP contribution in [-0.2, 0) is 19.4 Å². The summed E-state index contributed by atoms with van der Waals surface area (Å²) in [5, 5.41) is 3.36. The average molecular weight is 487 g/mol. The molecule has 0 spiro atoms. The topological polar surface area (TPSA) is 88.1 Å². The van der Waals surface area contributed by atoms with Gasteiger partial charge in [-0.25, -0.2) is 8.42 Å². The van der Waals surface area contributed by atoms with E-state index >= 15 is 0 Å². The number of halogens is 1. The number of hydrogen-bond acceptors (Lipinski definition) is 5. The highest BCUT2D eigenvalue weighted by Gasteiger charge is 2.29. The van der Waals surface area contributed by atoms with Crippen LogP contribution in [0.2, 0.25) is 0 Å². The predicted molar refractivity (Wildman–Crippen MR) is 109 cm³/mol. The number of likely N-dealkylation sites (tertiary alicyclic amines) is 1. The highest BCUT2D eigenvalue weighted by atomic mass is 127. The first-order valence-electron chi connectivity index (χ1n) is 8.65. The Labute approximate surface area is 167 Å². The molecule has 1 N–H and O–H groups in total. The Morgan fingerprint density at radius 1 is 1.28 bits per heavy atom. The highest BCUT2D eigenvalue weighted by Crippen LogP contribution is 2.20. The number of rotatable bonds is 4. The summed E-state index contributed by atoms with van der Waals surface area (Å²) in [5.41, 5.74) is 0. The van der Waals surface area contributed by atoms with Gasteiger partial charge in [0.25, 0.3) is 0 Å². The molecule has 146 valence electrons. The quantitative estimate of drug-likeness (QED) is 0.278. The number of aliphatic imine (C=N–C) groups is 1. The standard InChI is InChI=1S/C16H29N3O4S.HI/c1-12(2)18-16(17-10-13-6-9-24(21,22)11-13)19-7-4-14(5-8-19)15(20)23-3;/h12-14H,4-11H2,1-3H3,(H,17,18);1H. The molecule has 1 atom stereocenters. The first-order valence-corrected chi connectivity index (χ1v) is 10.5. The first kappa shape index (κ1) is 22.5. The van der Waals surface area contributed by atoms with Gasteiger partial charge in [0, 0.05) is 25.7 Å². The molecule has 2 aliphatic rings. The number of ether oxygens (including phenoxy) is 1. The predicted octanol–water partition coefficient (Wildman–Crippen LogP) is 1.28. The van der Waals surface area contributed by atoms with Crippen molar-refractivity contribution in [3.05, 3.63) is 0 Å². The smallest absolute Gasteiger partial charge is 0.308 e. The lowest BCUT2D eigenvalue weighted by molar-refractivity contribution is -0.146. The minimum absolute atomic E-state index is 0. The Bertz CT molecular complexity index is 572. The van der Waals surface area contributed by atoms with E-state index in [0.717, 1.165) is 31.9 Å². The zero-order valence-electron chi connectivity index (χ0n) is 15.2. The number of carbonyl (C=O) groups is 1. The molecule has 25 heavy (non-hydrogen) atoms. The SMILES string of the molecule is COC(=O)C1CCN(C(=NCC2CCS(=O)(=O)C2)NC(C)C)CC1.I. The molecule has 9 heteroatoms. The molecule has 2 heterocycles. The van der Waals surface area contributed by atoms with E-state index in [1.54, 1.807) is 0 Å². The molecule has 0 aliphatic carbocycles. The fourth-order valence-electron chi connectivity index (χ4n) is 3.22. The van der Waals surface area contributed by atoms with E-state index in [1.807, 2.05) is 0 Å². The van der Waals surface area contributed by atoms with E-state index in [9.17, 15) is 13.2 Å². The molecule has 0 aromatic rings. The van der Waals surface area contributed by atoms with Crippen molar-refractivity contribution in [2.75, 3.05) is 38.2 Å². The molecule has 2 rings (SSSR count). The van der Waals surface area contributed by atoms with Crippen LogP contribution >= 0.6 is 24.0 Å². The Kier molecular flexibility index (Phi) is 8.93. The van der Waals surface area contributed by atoms with Gasteiger partial charge in [0.15, 0.2) is 15.8 Å². The van der Waals surface area contributed by atoms with E-state index in [-0.39, 0.29) is 59.3 Å². The minimum atomic E-state index is -2.87. The zero-order chi connectivity index (χ0) is 17.7. The van der Waals surface area contributed by atoms with Gasteiger partial charge in [-0.15, -0.1) is 24.0 Å². The van der Waals surface area contributed by atoms with Gasteiger partial charge in [0.1, 0.15) is 0 Å². The Morgan fingerprint density at radius 3 is 2.40 bits per heavy atom. The molecule has 0 bridgehead atoms. The van der Waals surface area contributed by atoms with Gasteiger partial charge in [-0.2, -0.15) is 0 Å². The lowest BCUT2D eigenvalue weighted by atomic mass is 9.97. The van der Waals surface area contributed by atoms with Crippen molar-refractivity contribution in [3.63, 3.8) is 0 Å². The van der Waals surface area contributed by atoms with E-state index in [1.165, 1.54) is 7.11 Å². The second-order valence-electron chi connectivity index (χ2n) is 7.02. The Balaban J connectivity index is 0.00000312. The normalized spacial score (nSPS) is 24.1. The number of esters is 1. The van der Waals surface area contributed by atoms with E-state index in [2.05, 4.69) is 29.1 Å². The molecule has 7 nitrogen and oxygen atoms in total. The van der Waals surface area contributed by atoms with Crippen LogP contribution in [0.15, 0.2) is 4.99 Å². The lowest BCUT2D eigenvalue weighted by Gasteiger charge is -2.34. The van der Waals surface area contributed by atoms with Gasteiger partial charge in [-0.1, -0.05) is 0 Å². The largest absolute Gasteiger partial charge is 0.469 e. The van der Waals surface area contributed by atoms with Gasteiger partial charge in [0.05, 0.1) is 24.5 Å². The summed E-state index contributed by atoms with van der Waals surface area (Å²) in [6, 6.07) is 0.245. The zero-order valence-corrected chi connectivity index (χ0v) is 18.4. The molecule has 2 fully saturated rings. The summed E-state index contributed by atoms with van der Waals surface area (Å²) < 4.78 is 28.0. The van der Waals surface area contributed by atoms with Crippen LogP contribution in [0.1, 0.15) is 33.1 Å². The third-order valence-corrected chi connectivity index (χ3v) is 6.41. The van der Waals surface area contributed by atoms with Crippen molar-refractivity contribution in [2.45, 2.75) is 39.2 Å². The highest BCUT2D eigenvalue weighted by molar-refractivity contribution is 14.0. The average Bonchev–Trinajstić information content (AvgIpc) is 2.89. The third kappa shape index (κ3) is 6.92. The van der Waals surface area contributed by atoms with Crippen molar-refractivity contribution in [1.29, 1.82) is 0 Å². The van der Waals surface area contributed by atoms with E-state index in [0.29, 0.717) is 13.0 Å². The van der Waals surface area contributed by atoms with Gasteiger partial charge >= 0.3 is 5.97 Å². The van der Waals surface area contributed by atoms with Crippen LogP contribution in [-0.4, -0.2) is 69.5 Å². The minimum Gasteiger partial charge on any atom is -0.469 e. The summed E-state index contributed by atoms with van der Waals surface area (Å²) in [7, 11) is -1.44. The maximum absolute atomic E-state index is 11.6. The maximum Gasteiger partial charge on any atom is 0.308 e. The molecule has 1 unspecified atom stereocenters. The second kappa shape index (κ2) is 9.94. The first-order chi connectivity index (χ1) is 11.3. The summed E-state index contributed by atoms with van der Waals surface area (Å²) in [6.07, 6.45) is 2.21. The van der Waals surface area contributed by atoms with Crippen LogP contribution in [0.4, 0.5) is 0 Å². The molecule has 2 saturated heterocycles. The Morgan fingerprint density at radius 2 is 1.92 bits per heavy atom. The van der Waals surface area contributed by atoms with Gasteiger partial charge in [-0.3, -0.25) is 9.79 Å². The summed E-state index contributed by atoms with van der Waals surface area (Å²) >= 11 is 0. The van der Waals surface area contributed by atoms with Gasteiger partial charge in [0.2, 0.25) is 0 Å². The maximum atomic E-state index is 11.6. The van der Waals surface area contributed by atoms with Crippen molar-refractivity contribution >= 4 is 45.7 Å². The molecule has 2 aliphatic heterocycles. The number of nitrogens with one attached hydrogen (secondary N) is 1. The number of sulfone groups is 1. The molecule has 0 amide bonds. The second-order valence-corrected chi connectivity index (χ2v) is 9.25. The number of hydrogen-bond donors (Lipinski definition) is 1. The van der Waals surface area contributed by atoms with Crippen LogP contribution in [0.5, 0.6) is 0 Å². The number of nitrogens with zero attached hydrogens (tertiary/aromatic N) is 2. The van der Waals surface area contributed by atoms with Crippen molar-refractivity contribution in [1.82, 2.24) is 10.2 Å². The number of methoxy groups -OCH3 is 1. The van der Waals surface area contributed by atoms with Crippen molar-refractivity contribution in [3.8, 4) is 0 Å². The lowest BCUT2D eigenvalue weighted by Crippen LogP contribution is -2.48. The van der Waals surface area contributed by atoms with Gasteiger partial charge < -0.3 is 15.0 Å². The molecule has 0 radical (unpaired) electrons. The van der Waals surface area contributed by atoms with Crippen molar-refractivity contribution in [2.24, 2.45) is 16.8 Å².